The lowest BCUT2D eigenvalue weighted by molar-refractivity contribution is 0.627. The van der Waals surface area contributed by atoms with Gasteiger partial charge >= 0.3 is 0 Å². The number of nitriles is 1. The molecule has 3 nitrogen and oxygen atoms in total. The van der Waals surface area contributed by atoms with E-state index in [2.05, 4.69) is 11.1 Å². The zero-order chi connectivity index (χ0) is 15.1. The smallest absolute Gasteiger partial charge is 0.182 e. The first kappa shape index (κ1) is 14.1. The molecular weight excluding hydrogens is 332 g/mol. The van der Waals surface area contributed by atoms with Crippen molar-refractivity contribution in [2.75, 3.05) is 0 Å². The van der Waals surface area contributed by atoms with Gasteiger partial charge in [-0.3, -0.25) is 4.57 Å². The summed E-state index contributed by atoms with van der Waals surface area (Å²) in [5.41, 5.74) is 2.23. The highest BCUT2D eigenvalue weighted by molar-refractivity contribution is 7.71. The fraction of sp³-hybridized carbons (Fsp3) is 0. The van der Waals surface area contributed by atoms with Crippen LogP contribution in [0.25, 0.3) is 16.7 Å². The average molecular weight is 338 g/mol. The van der Waals surface area contributed by atoms with Crippen LogP contribution in [0.3, 0.4) is 0 Å². The van der Waals surface area contributed by atoms with Gasteiger partial charge in [0.15, 0.2) is 4.77 Å². The van der Waals surface area contributed by atoms with Gasteiger partial charge in [-0.25, -0.2) is 4.39 Å². The van der Waals surface area contributed by atoms with Gasteiger partial charge in [-0.15, -0.1) is 0 Å². The van der Waals surface area contributed by atoms with E-state index < -0.39 is 5.82 Å². The number of nitrogens with one attached hydrogen (secondary N) is 1. The Labute approximate surface area is 134 Å². The largest absolute Gasteiger partial charge is 0.330 e. The number of hydrogen-bond acceptors (Lipinski definition) is 2. The number of hydrogen-bond donors (Lipinski definition) is 1. The van der Waals surface area contributed by atoms with Gasteiger partial charge in [0, 0.05) is 0 Å². The second-order valence-corrected chi connectivity index (χ2v) is 5.53. The average Bonchev–Trinajstić information content (AvgIpc) is 2.73. The molecule has 3 aromatic rings. The Hall–Kier alpha value is -1.87. The molecule has 0 unspecified atom stereocenters. The molecule has 2 aromatic carbocycles. The molecule has 1 heterocycles. The molecule has 104 valence electrons. The Kier molecular flexibility index (Phi) is 3.46. The summed E-state index contributed by atoms with van der Waals surface area (Å²) in [6, 6.07) is 9.46. The predicted molar refractivity (Wildman–Crippen MR) is 83.2 cm³/mol. The Morgan fingerprint density at radius 3 is 2.48 bits per heavy atom. The summed E-state index contributed by atoms with van der Waals surface area (Å²) in [6.07, 6.45) is 0. The van der Waals surface area contributed by atoms with Crippen molar-refractivity contribution >= 4 is 46.5 Å². The van der Waals surface area contributed by atoms with Crippen molar-refractivity contribution in [3.8, 4) is 11.8 Å². The fourth-order valence-electron chi connectivity index (χ4n) is 2.14. The maximum absolute atomic E-state index is 13.3. The molecule has 0 saturated heterocycles. The molecule has 0 atom stereocenters. The maximum atomic E-state index is 13.3. The number of benzene rings is 2. The molecule has 1 aromatic heterocycles. The van der Waals surface area contributed by atoms with Crippen LogP contribution in [0, 0.1) is 21.9 Å². The number of nitrogens with zero attached hydrogens (tertiary/aromatic N) is 2. The van der Waals surface area contributed by atoms with E-state index in [1.165, 1.54) is 0 Å². The van der Waals surface area contributed by atoms with Gasteiger partial charge in [-0.2, -0.15) is 5.26 Å². The Morgan fingerprint density at radius 2 is 1.86 bits per heavy atom. The van der Waals surface area contributed by atoms with E-state index in [1.807, 2.05) is 0 Å². The lowest BCUT2D eigenvalue weighted by Crippen LogP contribution is -1.97. The number of H-pyrrole nitrogens is 1. The molecule has 0 aliphatic rings. The van der Waals surface area contributed by atoms with E-state index in [4.69, 9.17) is 40.7 Å². The zero-order valence-corrected chi connectivity index (χ0v) is 12.7. The van der Waals surface area contributed by atoms with Gasteiger partial charge in [-0.1, -0.05) is 23.2 Å². The predicted octanol–water partition coefficient (Wildman–Crippen LogP) is 5.01. The van der Waals surface area contributed by atoms with Gasteiger partial charge in [0.1, 0.15) is 5.82 Å². The molecular formula is C14H6Cl2FN3S. The van der Waals surface area contributed by atoms with Gasteiger partial charge in [0.25, 0.3) is 0 Å². The maximum Gasteiger partial charge on any atom is 0.182 e. The molecule has 0 saturated carbocycles. The quantitative estimate of drug-likeness (QED) is 0.634. The lowest BCUT2D eigenvalue weighted by Gasteiger charge is -2.09. The van der Waals surface area contributed by atoms with Crippen molar-refractivity contribution in [1.82, 2.24) is 9.55 Å². The Bertz CT molecular complexity index is 945. The van der Waals surface area contributed by atoms with E-state index in [0.29, 0.717) is 21.5 Å². The van der Waals surface area contributed by atoms with E-state index >= 15 is 0 Å². The molecule has 0 fully saturated rings. The van der Waals surface area contributed by atoms with Gasteiger partial charge < -0.3 is 4.98 Å². The summed E-state index contributed by atoms with van der Waals surface area (Å²) < 4.78 is 15.3. The van der Waals surface area contributed by atoms with E-state index in [-0.39, 0.29) is 10.0 Å². The fourth-order valence-corrected chi connectivity index (χ4v) is 3.07. The van der Waals surface area contributed by atoms with E-state index in [1.54, 1.807) is 22.8 Å². The van der Waals surface area contributed by atoms with Crippen molar-refractivity contribution < 1.29 is 4.39 Å². The highest BCUT2D eigenvalue weighted by Gasteiger charge is 2.15. The second-order valence-electron chi connectivity index (χ2n) is 4.33. The molecule has 0 radical (unpaired) electrons. The summed E-state index contributed by atoms with van der Waals surface area (Å²) in [6.45, 7) is 0. The first-order valence-corrected chi connectivity index (χ1v) is 6.97. The summed E-state index contributed by atoms with van der Waals surface area (Å²) in [7, 11) is 0. The number of halogens is 3. The highest BCUT2D eigenvalue weighted by Crippen LogP contribution is 2.32. The zero-order valence-electron chi connectivity index (χ0n) is 10.3. The molecule has 0 aliphatic heterocycles. The van der Waals surface area contributed by atoms with Crippen molar-refractivity contribution in [3.63, 3.8) is 0 Å². The molecule has 0 spiro atoms. The molecule has 7 heteroatoms. The van der Waals surface area contributed by atoms with Crippen LogP contribution < -0.4 is 0 Å². The van der Waals surface area contributed by atoms with Crippen LogP contribution in [0.4, 0.5) is 4.39 Å². The summed E-state index contributed by atoms with van der Waals surface area (Å²) in [4.78, 5) is 3.00. The molecule has 0 aliphatic carbocycles. The normalized spacial score (nSPS) is 10.8. The number of imidazole rings is 1. The minimum atomic E-state index is -0.530. The van der Waals surface area contributed by atoms with Crippen LogP contribution in [0.15, 0.2) is 30.3 Å². The SMILES string of the molecule is N#Cc1ccc2[nH]c(=S)n(-c3c(Cl)cc(F)cc3Cl)c2c1. The number of aromatic nitrogens is 2. The summed E-state index contributed by atoms with van der Waals surface area (Å²) in [5, 5.41) is 9.29. The topological polar surface area (TPSA) is 44.5 Å². The third-order valence-electron chi connectivity index (χ3n) is 3.02. The number of rotatable bonds is 1. The summed E-state index contributed by atoms with van der Waals surface area (Å²) in [5.74, 6) is -0.530. The number of aromatic amines is 1. The summed E-state index contributed by atoms with van der Waals surface area (Å²) >= 11 is 17.5. The van der Waals surface area contributed by atoms with Crippen LogP contribution in [-0.2, 0) is 0 Å². The van der Waals surface area contributed by atoms with Crippen LogP contribution >= 0.6 is 35.4 Å². The van der Waals surface area contributed by atoms with Crippen molar-refractivity contribution in [1.29, 1.82) is 5.26 Å². The number of fused-ring (bicyclic) bond motifs is 1. The molecule has 0 amide bonds. The third-order valence-corrected chi connectivity index (χ3v) is 3.88. The van der Waals surface area contributed by atoms with Crippen molar-refractivity contribution in [3.05, 3.63) is 56.5 Å². The van der Waals surface area contributed by atoms with Crippen molar-refractivity contribution in [2.24, 2.45) is 0 Å². The standard InChI is InChI=1S/C14H6Cl2FN3S/c15-9-4-8(17)5-10(16)13(9)20-12-3-7(6-18)1-2-11(12)19-14(20)21/h1-5H,(H,19,21). The van der Waals surface area contributed by atoms with Crippen LogP contribution in [0.5, 0.6) is 0 Å². The monoisotopic (exact) mass is 337 g/mol. The van der Waals surface area contributed by atoms with Crippen LogP contribution in [-0.4, -0.2) is 9.55 Å². The Morgan fingerprint density at radius 1 is 1.19 bits per heavy atom. The van der Waals surface area contributed by atoms with Gasteiger partial charge in [0.2, 0.25) is 0 Å². The van der Waals surface area contributed by atoms with Crippen molar-refractivity contribution in [2.45, 2.75) is 0 Å². The molecule has 1 N–H and O–H groups in total. The van der Waals surface area contributed by atoms with Gasteiger partial charge in [-0.05, 0) is 42.5 Å². The lowest BCUT2D eigenvalue weighted by atomic mass is 10.2. The minimum Gasteiger partial charge on any atom is -0.330 e. The minimum absolute atomic E-state index is 0.138. The van der Waals surface area contributed by atoms with Gasteiger partial charge in [0.05, 0.1) is 38.4 Å². The van der Waals surface area contributed by atoms with Crippen LogP contribution in [0.2, 0.25) is 10.0 Å². The van der Waals surface area contributed by atoms with Crippen LogP contribution in [0.1, 0.15) is 5.56 Å². The van der Waals surface area contributed by atoms with E-state index in [9.17, 15) is 4.39 Å². The molecule has 3 rings (SSSR count). The first-order valence-electron chi connectivity index (χ1n) is 5.81. The third kappa shape index (κ3) is 2.32. The second kappa shape index (κ2) is 5.15. The first-order chi connectivity index (χ1) is 10.0. The molecule has 0 bridgehead atoms. The highest BCUT2D eigenvalue weighted by atomic mass is 35.5. The molecule has 21 heavy (non-hydrogen) atoms. The Balaban J connectivity index is 2.43. The van der Waals surface area contributed by atoms with E-state index in [0.717, 1.165) is 17.6 Å².